The third-order valence-electron chi connectivity index (χ3n) is 4.33. The van der Waals surface area contributed by atoms with Crippen LogP contribution < -0.4 is 4.90 Å². The molecule has 0 fully saturated rings. The van der Waals surface area contributed by atoms with Crippen molar-refractivity contribution in [2.75, 3.05) is 4.90 Å². The van der Waals surface area contributed by atoms with Crippen LogP contribution >= 0.6 is 0 Å². The maximum absolute atomic E-state index is 13.0. The van der Waals surface area contributed by atoms with E-state index >= 15 is 0 Å². The minimum atomic E-state index is -0.313. The summed E-state index contributed by atoms with van der Waals surface area (Å²) >= 11 is 0. The fourth-order valence-electron chi connectivity index (χ4n) is 3.27. The van der Waals surface area contributed by atoms with Crippen molar-refractivity contribution >= 4 is 17.6 Å². The molecule has 0 spiro atoms. The van der Waals surface area contributed by atoms with E-state index in [0.29, 0.717) is 12.0 Å². The van der Waals surface area contributed by atoms with Crippen LogP contribution in [0.25, 0.3) is 0 Å². The predicted octanol–water partition coefficient (Wildman–Crippen LogP) is 4.04. The SMILES string of the molecule is CC(=O)O[C@@H]1C[C@H](C)N(C(=O)c2ccccc2)c2ccc(C)cc21. The lowest BCUT2D eigenvalue weighted by Crippen LogP contribution is -2.43. The van der Waals surface area contributed by atoms with Crippen LogP contribution in [0.4, 0.5) is 5.69 Å². The van der Waals surface area contributed by atoms with E-state index in [9.17, 15) is 9.59 Å². The van der Waals surface area contributed by atoms with E-state index in [0.717, 1.165) is 16.8 Å². The highest BCUT2D eigenvalue weighted by molar-refractivity contribution is 6.07. The number of benzene rings is 2. The number of carbonyl (C=O) groups is 2. The van der Waals surface area contributed by atoms with Gasteiger partial charge in [0.25, 0.3) is 5.91 Å². The fraction of sp³-hybridized carbons (Fsp3) is 0.300. The average Bonchev–Trinajstić information content (AvgIpc) is 2.55. The molecule has 1 heterocycles. The van der Waals surface area contributed by atoms with Gasteiger partial charge in [0.1, 0.15) is 6.10 Å². The first-order valence-electron chi connectivity index (χ1n) is 8.13. The Morgan fingerprint density at radius 1 is 1.12 bits per heavy atom. The number of anilines is 1. The molecule has 124 valence electrons. The van der Waals surface area contributed by atoms with Crippen molar-refractivity contribution in [3.05, 3.63) is 65.2 Å². The standard InChI is InChI=1S/C20H21NO3/c1-13-9-10-18-17(11-13)19(24-15(3)22)12-14(2)21(18)20(23)16-7-5-4-6-8-16/h4-11,14,19H,12H2,1-3H3/t14-,19+/m0/s1. The van der Waals surface area contributed by atoms with Crippen LogP contribution in [-0.4, -0.2) is 17.9 Å². The summed E-state index contributed by atoms with van der Waals surface area (Å²) in [6.07, 6.45) is 0.279. The lowest BCUT2D eigenvalue weighted by Gasteiger charge is -2.39. The van der Waals surface area contributed by atoms with Gasteiger partial charge in [0, 0.05) is 30.5 Å². The monoisotopic (exact) mass is 323 g/mol. The number of rotatable bonds is 2. The molecule has 1 aliphatic heterocycles. The molecule has 4 heteroatoms. The quantitative estimate of drug-likeness (QED) is 0.784. The zero-order chi connectivity index (χ0) is 17.3. The minimum absolute atomic E-state index is 0.0329. The Balaban J connectivity index is 2.05. The molecular formula is C20H21NO3. The van der Waals surface area contributed by atoms with Crippen LogP contribution in [-0.2, 0) is 9.53 Å². The first-order chi connectivity index (χ1) is 11.5. The van der Waals surface area contributed by atoms with Gasteiger partial charge in [-0.25, -0.2) is 0 Å². The molecule has 0 radical (unpaired) electrons. The van der Waals surface area contributed by atoms with E-state index in [2.05, 4.69) is 0 Å². The van der Waals surface area contributed by atoms with Crippen molar-refractivity contribution in [3.63, 3.8) is 0 Å². The number of carbonyl (C=O) groups excluding carboxylic acids is 2. The molecule has 0 saturated heterocycles. The number of nitrogens with zero attached hydrogens (tertiary/aromatic N) is 1. The Hall–Kier alpha value is -2.62. The first-order valence-corrected chi connectivity index (χ1v) is 8.13. The molecule has 0 saturated carbocycles. The van der Waals surface area contributed by atoms with Crippen molar-refractivity contribution in [3.8, 4) is 0 Å². The second-order valence-electron chi connectivity index (χ2n) is 6.29. The number of aryl methyl sites for hydroxylation is 1. The van der Waals surface area contributed by atoms with Gasteiger partial charge in [-0.2, -0.15) is 0 Å². The summed E-state index contributed by atoms with van der Waals surface area (Å²) in [5, 5.41) is 0. The van der Waals surface area contributed by atoms with E-state index in [1.807, 2.05) is 67.3 Å². The minimum Gasteiger partial charge on any atom is -0.458 e. The molecule has 0 unspecified atom stereocenters. The van der Waals surface area contributed by atoms with Gasteiger partial charge in [-0.1, -0.05) is 35.9 Å². The third-order valence-corrected chi connectivity index (χ3v) is 4.33. The molecule has 2 aromatic rings. The predicted molar refractivity (Wildman–Crippen MR) is 93.0 cm³/mol. The molecule has 0 N–H and O–H groups in total. The van der Waals surface area contributed by atoms with Crippen LogP contribution in [0, 0.1) is 6.92 Å². The highest BCUT2D eigenvalue weighted by Gasteiger charge is 2.35. The number of ether oxygens (including phenoxy) is 1. The largest absolute Gasteiger partial charge is 0.458 e. The van der Waals surface area contributed by atoms with Gasteiger partial charge in [0.2, 0.25) is 0 Å². The molecule has 0 aromatic heterocycles. The lowest BCUT2D eigenvalue weighted by atomic mass is 9.91. The zero-order valence-electron chi connectivity index (χ0n) is 14.2. The van der Waals surface area contributed by atoms with Crippen LogP contribution in [0.1, 0.15) is 47.9 Å². The van der Waals surface area contributed by atoms with Crippen LogP contribution in [0.15, 0.2) is 48.5 Å². The Bertz CT molecular complexity index is 770. The Morgan fingerprint density at radius 3 is 2.50 bits per heavy atom. The Morgan fingerprint density at radius 2 is 1.83 bits per heavy atom. The zero-order valence-corrected chi connectivity index (χ0v) is 14.2. The Labute approximate surface area is 142 Å². The molecule has 4 nitrogen and oxygen atoms in total. The number of hydrogen-bond acceptors (Lipinski definition) is 3. The summed E-state index contributed by atoms with van der Waals surface area (Å²) in [4.78, 5) is 26.3. The molecule has 0 bridgehead atoms. The smallest absolute Gasteiger partial charge is 0.303 e. The number of amides is 1. The van der Waals surface area contributed by atoms with Crippen molar-refractivity contribution in [1.29, 1.82) is 0 Å². The molecular weight excluding hydrogens is 302 g/mol. The second-order valence-corrected chi connectivity index (χ2v) is 6.29. The third kappa shape index (κ3) is 3.04. The van der Waals surface area contributed by atoms with E-state index in [4.69, 9.17) is 4.74 Å². The summed E-state index contributed by atoms with van der Waals surface area (Å²) in [5.41, 5.74) is 3.45. The van der Waals surface area contributed by atoms with Gasteiger partial charge in [-0.15, -0.1) is 0 Å². The van der Waals surface area contributed by atoms with Gasteiger partial charge >= 0.3 is 5.97 Å². The molecule has 0 aliphatic carbocycles. The molecule has 1 amide bonds. The van der Waals surface area contributed by atoms with Gasteiger partial charge in [0.05, 0.1) is 5.69 Å². The van der Waals surface area contributed by atoms with E-state index in [-0.39, 0.29) is 24.0 Å². The lowest BCUT2D eigenvalue weighted by molar-refractivity contribution is -0.147. The second kappa shape index (κ2) is 6.48. The van der Waals surface area contributed by atoms with Crippen molar-refractivity contribution in [2.45, 2.75) is 39.3 Å². The van der Waals surface area contributed by atoms with E-state index in [1.165, 1.54) is 6.92 Å². The van der Waals surface area contributed by atoms with E-state index in [1.54, 1.807) is 0 Å². The summed E-state index contributed by atoms with van der Waals surface area (Å²) in [6, 6.07) is 15.1. The van der Waals surface area contributed by atoms with Crippen LogP contribution in [0.5, 0.6) is 0 Å². The van der Waals surface area contributed by atoms with Gasteiger partial charge in [0.15, 0.2) is 0 Å². The average molecular weight is 323 g/mol. The first kappa shape index (κ1) is 16.2. The van der Waals surface area contributed by atoms with Crippen molar-refractivity contribution in [2.24, 2.45) is 0 Å². The van der Waals surface area contributed by atoms with Crippen molar-refractivity contribution < 1.29 is 14.3 Å². The fourth-order valence-corrected chi connectivity index (χ4v) is 3.27. The summed E-state index contributed by atoms with van der Waals surface area (Å²) in [7, 11) is 0. The maximum atomic E-state index is 13.0. The summed E-state index contributed by atoms with van der Waals surface area (Å²) < 4.78 is 5.50. The topological polar surface area (TPSA) is 46.6 Å². The van der Waals surface area contributed by atoms with Gasteiger partial charge in [-0.3, -0.25) is 9.59 Å². The summed E-state index contributed by atoms with van der Waals surface area (Å²) in [5.74, 6) is -0.336. The van der Waals surface area contributed by atoms with Gasteiger partial charge < -0.3 is 9.64 Å². The number of fused-ring (bicyclic) bond motifs is 1. The summed E-state index contributed by atoms with van der Waals surface area (Å²) in [6.45, 7) is 5.40. The number of hydrogen-bond donors (Lipinski definition) is 0. The number of esters is 1. The van der Waals surface area contributed by atoms with Crippen LogP contribution in [0.3, 0.4) is 0 Å². The molecule has 3 rings (SSSR count). The van der Waals surface area contributed by atoms with Crippen molar-refractivity contribution in [1.82, 2.24) is 0 Å². The normalized spacial score (nSPS) is 19.5. The van der Waals surface area contributed by atoms with Gasteiger partial charge in [-0.05, 0) is 32.0 Å². The molecule has 24 heavy (non-hydrogen) atoms. The highest BCUT2D eigenvalue weighted by atomic mass is 16.5. The molecule has 2 aromatic carbocycles. The molecule has 1 aliphatic rings. The Kier molecular flexibility index (Phi) is 4.38. The maximum Gasteiger partial charge on any atom is 0.303 e. The van der Waals surface area contributed by atoms with E-state index < -0.39 is 0 Å². The molecule has 2 atom stereocenters. The highest BCUT2D eigenvalue weighted by Crippen LogP contribution is 2.40. The van der Waals surface area contributed by atoms with Crippen LogP contribution in [0.2, 0.25) is 0 Å².